The summed E-state index contributed by atoms with van der Waals surface area (Å²) in [6.07, 6.45) is 0.519. The number of nitrogens with one attached hydrogen (secondary N) is 1. The van der Waals surface area contributed by atoms with Crippen molar-refractivity contribution < 1.29 is 31.8 Å². The number of nitrogens with zero attached hydrogens (tertiary/aromatic N) is 3. The predicted molar refractivity (Wildman–Crippen MR) is 95.4 cm³/mol. The highest BCUT2D eigenvalue weighted by Gasteiger charge is 2.38. The van der Waals surface area contributed by atoms with Crippen LogP contribution in [0.15, 0.2) is 36.9 Å². The number of hydrogen-bond acceptors (Lipinski definition) is 6. The molecule has 1 aliphatic rings. The van der Waals surface area contributed by atoms with Crippen molar-refractivity contribution in [2.75, 3.05) is 11.9 Å². The Morgan fingerprint density at radius 1 is 1.07 bits per heavy atom. The summed E-state index contributed by atoms with van der Waals surface area (Å²) in [5, 5.41) is 2.24. The van der Waals surface area contributed by atoms with Gasteiger partial charge >= 0.3 is 6.11 Å². The Balaban J connectivity index is 1.56. The van der Waals surface area contributed by atoms with Crippen LogP contribution in [0.3, 0.4) is 0 Å². The van der Waals surface area contributed by atoms with Crippen LogP contribution in [0.1, 0.15) is 15.9 Å². The van der Waals surface area contributed by atoms with Crippen molar-refractivity contribution in [3.8, 4) is 22.8 Å². The second-order valence-corrected chi connectivity index (χ2v) is 6.36. The van der Waals surface area contributed by atoms with Gasteiger partial charge in [0.1, 0.15) is 5.56 Å². The molecule has 3 aromatic rings. The largest absolute Gasteiger partial charge is 0.479 e. The number of benzene rings is 1. The van der Waals surface area contributed by atoms with Crippen molar-refractivity contribution >= 4 is 11.7 Å². The van der Waals surface area contributed by atoms with Gasteiger partial charge in [0.05, 0.1) is 30.5 Å². The molecule has 154 valence electrons. The maximum atomic E-state index is 13.7. The maximum absolute atomic E-state index is 13.7. The molecule has 0 saturated heterocycles. The molecule has 1 aliphatic heterocycles. The zero-order chi connectivity index (χ0) is 21.5. The molecular weight excluding hydrogens is 408 g/mol. The highest BCUT2D eigenvalue weighted by atomic mass is 19.3. The van der Waals surface area contributed by atoms with Crippen LogP contribution in [-0.2, 0) is 0 Å². The average molecular weight is 420 g/mol. The van der Waals surface area contributed by atoms with Crippen LogP contribution in [-0.4, -0.2) is 33.6 Å². The summed E-state index contributed by atoms with van der Waals surface area (Å²) in [4.78, 5) is 23.6. The zero-order valence-electron chi connectivity index (χ0n) is 15.2. The van der Waals surface area contributed by atoms with Gasteiger partial charge in [-0.05, 0) is 24.6 Å². The van der Waals surface area contributed by atoms with Gasteiger partial charge in [0, 0.05) is 5.56 Å². The smallest absolute Gasteiger partial charge is 0.433 e. The Morgan fingerprint density at radius 3 is 2.47 bits per heavy atom. The van der Waals surface area contributed by atoms with E-state index in [2.05, 4.69) is 25.0 Å². The lowest BCUT2D eigenvalue weighted by Crippen LogP contribution is -2.36. The van der Waals surface area contributed by atoms with E-state index in [4.69, 9.17) is 4.74 Å². The molecule has 30 heavy (non-hydrogen) atoms. The number of pyridine rings is 1. The van der Waals surface area contributed by atoms with Gasteiger partial charge in [-0.2, -0.15) is 8.78 Å². The third-order valence-electron chi connectivity index (χ3n) is 4.20. The fourth-order valence-electron chi connectivity index (χ4n) is 2.82. The molecular formula is C19H12F4N4O3. The number of ether oxygens (including phenoxy) is 2. The van der Waals surface area contributed by atoms with Gasteiger partial charge in [-0.1, -0.05) is 0 Å². The molecule has 0 aliphatic carbocycles. The normalized spacial score (nSPS) is 14.3. The van der Waals surface area contributed by atoms with E-state index in [9.17, 15) is 22.4 Å². The monoisotopic (exact) mass is 420 g/mol. The Morgan fingerprint density at radius 2 is 1.80 bits per heavy atom. The molecule has 11 heteroatoms. The minimum atomic E-state index is -3.41. The van der Waals surface area contributed by atoms with Crippen LogP contribution in [0.25, 0.3) is 11.3 Å². The van der Waals surface area contributed by atoms with Crippen LogP contribution in [0, 0.1) is 18.6 Å². The minimum absolute atomic E-state index is 0.0470. The quantitative estimate of drug-likeness (QED) is 0.650. The predicted octanol–water partition coefficient (Wildman–Crippen LogP) is 3.74. The number of anilines is 1. The highest BCUT2D eigenvalue weighted by molar-refractivity contribution is 6.04. The van der Waals surface area contributed by atoms with Gasteiger partial charge in [0.2, 0.25) is 0 Å². The number of aromatic nitrogens is 3. The third kappa shape index (κ3) is 3.73. The van der Waals surface area contributed by atoms with E-state index in [1.54, 1.807) is 6.92 Å². The number of hydrogen-bond donors (Lipinski definition) is 1. The molecule has 1 aromatic carbocycles. The van der Waals surface area contributed by atoms with Gasteiger partial charge in [-0.25, -0.2) is 13.8 Å². The molecule has 0 bridgehead atoms. The number of rotatable bonds is 3. The summed E-state index contributed by atoms with van der Waals surface area (Å²) in [5.41, 5.74) is 0.673. The molecule has 0 fully saturated rings. The number of aryl methyl sites for hydroxylation is 1. The van der Waals surface area contributed by atoms with E-state index in [1.807, 2.05) is 0 Å². The topological polar surface area (TPSA) is 86.2 Å². The van der Waals surface area contributed by atoms with Crippen molar-refractivity contribution in [1.82, 2.24) is 15.0 Å². The van der Waals surface area contributed by atoms with E-state index in [0.29, 0.717) is 29.2 Å². The van der Waals surface area contributed by atoms with E-state index in [0.717, 1.165) is 0 Å². The van der Waals surface area contributed by atoms with Gasteiger partial charge in [-0.3, -0.25) is 14.8 Å². The number of carbonyl (C=O) groups excluding carboxylic acids is 1. The average Bonchev–Trinajstić information content (AvgIpc) is 2.67. The van der Waals surface area contributed by atoms with Crippen LogP contribution in [0.4, 0.5) is 23.4 Å². The first-order valence-electron chi connectivity index (χ1n) is 8.50. The first-order chi connectivity index (χ1) is 14.2. The summed E-state index contributed by atoms with van der Waals surface area (Å²) in [5.74, 6) is -3.29. The summed E-state index contributed by atoms with van der Waals surface area (Å²) >= 11 is 0. The number of amides is 1. The van der Waals surface area contributed by atoms with Gasteiger partial charge in [-0.15, -0.1) is 0 Å². The van der Waals surface area contributed by atoms with Crippen molar-refractivity contribution in [3.05, 3.63) is 59.7 Å². The van der Waals surface area contributed by atoms with Crippen LogP contribution < -0.4 is 14.8 Å². The molecule has 1 amide bonds. The molecule has 4 rings (SSSR count). The van der Waals surface area contributed by atoms with Crippen molar-refractivity contribution in [2.24, 2.45) is 0 Å². The second kappa shape index (κ2) is 7.25. The molecule has 0 spiro atoms. The minimum Gasteiger partial charge on any atom is -0.479 e. The standard InChI is InChI=1S/C19H12F4N4O3/c1-9-2-15-14(29-8-19(22,23)30-15)3-10(9)13-6-26-16(7-25-13)27-18(28)17-11(20)4-24-5-12(17)21/h2-7H,8H2,1H3,(H,26,27,28). The molecule has 2 aromatic heterocycles. The summed E-state index contributed by atoms with van der Waals surface area (Å²) in [6, 6.07) is 2.88. The van der Waals surface area contributed by atoms with Crippen molar-refractivity contribution in [3.63, 3.8) is 0 Å². The summed E-state index contributed by atoms with van der Waals surface area (Å²) in [7, 11) is 0. The van der Waals surface area contributed by atoms with Crippen LogP contribution in [0.2, 0.25) is 0 Å². The molecule has 1 N–H and O–H groups in total. The zero-order valence-corrected chi connectivity index (χ0v) is 15.2. The molecule has 0 unspecified atom stereocenters. The molecule has 0 radical (unpaired) electrons. The van der Waals surface area contributed by atoms with E-state index in [1.165, 1.54) is 24.5 Å². The fourth-order valence-corrected chi connectivity index (χ4v) is 2.82. The Labute approximate surface area is 166 Å². The van der Waals surface area contributed by atoms with Crippen molar-refractivity contribution in [1.29, 1.82) is 0 Å². The molecule has 0 atom stereocenters. The van der Waals surface area contributed by atoms with Crippen LogP contribution in [0.5, 0.6) is 11.5 Å². The van der Waals surface area contributed by atoms with E-state index >= 15 is 0 Å². The summed E-state index contributed by atoms with van der Waals surface area (Å²) < 4.78 is 63.6. The van der Waals surface area contributed by atoms with Gasteiger partial charge in [0.25, 0.3) is 5.91 Å². The Hall–Kier alpha value is -3.76. The first kappa shape index (κ1) is 19.6. The van der Waals surface area contributed by atoms with E-state index in [-0.39, 0.29) is 17.3 Å². The second-order valence-electron chi connectivity index (χ2n) is 6.36. The third-order valence-corrected chi connectivity index (χ3v) is 4.20. The number of fused-ring (bicyclic) bond motifs is 1. The first-order valence-corrected chi connectivity index (χ1v) is 8.50. The lowest BCUT2D eigenvalue weighted by atomic mass is 10.0. The molecule has 0 saturated carbocycles. The van der Waals surface area contributed by atoms with E-state index < -0.39 is 35.8 Å². The van der Waals surface area contributed by atoms with Crippen molar-refractivity contribution in [2.45, 2.75) is 13.0 Å². The Bertz CT molecular complexity index is 1120. The van der Waals surface area contributed by atoms with Crippen LogP contribution >= 0.6 is 0 Å². The highest BCUT2D eigenvalue weighted by Crippen LogP contribution is 2.40. The number of alkyl halides is 2. The summed E-state index contributed by atoms with van der Waals surface area (Å²) in [6.45, 7) is 0.749. The molecule has 3 heterocycles. The van der Waals surface area contributed by atoms with Gasteiger partial charge in [0.15, 0.2) is 35.6 Å². The number of carbonyl (C=O) groups is 1. The molecule has 7 nitrogen and oxygen atoms in total. The Kier molecular flexibility index (Phi) is 4.72. The fraction of sp³-hybridized carbons (Fsp3) is 0.158. The van der Waals surface area contributed by atoms with Gasteiger partial charge < -0.3 is 14.8 Å². The lowest BCUT2D eigenvalue weighted by Gasteiger charge is -2.26. The maximum Gasteiger partial charge on any atom is 0.433 e. The number of halogens is 4. The SMILES string of the molecule is Cc1cc2c(cc1-c1cnc(NC(=O)c3c(F)cncc3F)cn1)OCC(F)(F)O2. The lowest BCUT2D eigenvalue weighted by molar-refractivity contribution is -0.208.